The first kappa shape index (κ1) is 10.7. The molecule has 15 heavy (non-hydrogen) atoms. The first-order valence-electron chi connectivity index (χ1n) is 6.12. The van der Waals surface area contributed by atoms with Crippen LogP contribution < -0.4 is 5.32 Å². The van der Waals surface area contributed by atoms with Gasteiger partial charge in [-0.15, -0.1) is 0 Å². The van der Waals surface area contributed by atoms with E-state index in [1.807, 2.05) is 0 Å². The van der Waals surface area contributed by atoms with E-state index in [1.165, 1.54) is 36.8 Å². The van der Waals surface area contributed by atoms with E-state index in [4.69, 9.17) is 0 Å². The lowest BCUT2D eigenvalue weighted by Gasteiger charge is -2.31. The molecule has 1 unspecified atom stereocenters. The molecular weight excluding hydrogens is 182 g/mol. The highest BCUT2D eigenvalue weighted by atomic mass is 15.0. The van der Waals surface area contributed by atoms with Gasteiger partial charge < -0.3 is 5.32 Å². The molecule has 0 saturated heterocycles. The molecule has 1 heteroatoms. The fourth-order valence-electron chi connectivity index (χ4n) is 2.11. The van der Waals surface area contributed by atoms with Crippen molar-refractivity contribution < 1.29 is 0 Å². The van der Waals surface area contributed by atoms with Crippen LogP contribution in [0.4, 0.5) is 0 Å². The molecule has 1 atom stereocenters. The van der Waals surface area contributed by atoms with Gasteiger partial charge in [0, 0.05) is 12.1 Å². The summed E-state index contributed by atoms with van der Waals surface area (Å²) in [5, 5.41) is 3.74. The van der Waals surface area contributed by atoms with Crippen LogP contribution in [0.25, 0.3) is 0 Å². The predicted molar refractivity (Wildman–Crippen MR) is 65.0 cm³/mol. The Kier molecular flexibility index (Phi) is 3.42. The Labute approximate surface area is 92.9 Å². The quantitative estimate of drug-likeness (QED) is 0.788. The lowest BCUT2D eigenvalue weighted by atomic mass is 9.91. The van der Waals surface area contributed by atoms with Crippen LogP contribution in [0.1, 0.15) is 49.8 Å². The highest BCUT2D eigenvalue weighted by molar-refractivity contribution is 5.24. The van der Waals surface area contributed by atoms with Crippen molar-refractivity contribution in [2.24, 2.45) is 0 Å². The fourth-order valence-corrected chi connectivity index (χ4v) is 2.11. The molecule has 0 amide bonds. The molecule has 0 radical (unpaired) electrons. The summed E-state index contributed by atoms with van der Waals surface area (Å²) in [5.74, 6) is 0. The molecule has 0 bridgehead atoms. The van der Waals surface area contributed by atoms with Crippen LogP contribution in [0.15, 0.2) is 24.3 Å². The molecule has 0 aromatic heterocycles. The molecule has 2 rings (SSSR count). The summed E-state index contributed by atoms with van der Waals surface area (Å²) < 4.78 is 0. The van der Waals surface area contributed by atoms with E-state index >= 15 is 0 Å². The standard InChI is InChI=1S/C14H21N/c1-3-14(15-13-5-4-6-13)12-9-7-11(2)8-10-12/h7-10,13-15H,3-6H2,1-2H3. The van der Waals surface area contributed by atoms with Crippen LogP contribution >= 0.6 is 0 Å². The number of aryl methyl sites for hydroxylation is 1. The Morgan fingerprint density at radius 1 is 1.27 bits per heavy atom. The summed E-state index contributed by atoms with van der Waals surface area (Å²) in [6.45, 7) is 4.40. The van der Waals surface area contributed by atoms with Gasteiger partial charge in [0.25, 0.3) is 0 Å². The SMILES string of the molecule is CCC(NC1CCC1)c1ccc(C)cc1. The maximum Gasteiger partial charge on any atom is 0.0320 e. The minimum atomic E-state index is 0.552. The van der Waals surface area contributed by atoms with Crippen molar-refractivity contribution in [2.45, 2.75) is 51.6 Å². The average molecular weight is 203 g/mol. The molecule has 0 heterocycles. The number of rotatable bonds is 4. The highest BCUT2D eigenvalue weighted by Crippen LogP contribution is 2.24. The normalized spacial score (nSPS) is 18.5. The van der Waals surface area contributed by atoms with Gasteiger partial charge in [0.1, 0.15) is 0 Å². The van der Waals surface area contributed by atoms with Crippen molar-refractivity contribution in [3.05, 3.63) is 35.4 Å². The van der Waals surface area contributed by atoms with Crippen LogP contribution in [-0.4, -0.2) is 6.04 Å². The van der Waals surface area contributed by atoms with Gasteiger partial charge in [-0.25, -0.2) is 0 Å². The third-order valence-corrected chi connectivity index (χ3v) is 3.43. The second-order valence-electron chi connectivity index (χ2n) is 4.67. The van der Waals surface area contributed by atoms with Gasteiger partial charge in [-0.3, -0.25) is 0 Å². The van der Waals surface area contributed by atoms with Gasteiger partial charge in [0.15, 0.2) is 0 Å². The minimum absolute atomic E-state index is 0.552. The van der Waals surface area contributed by atoms with Crippen molar-refractivity contribution in [3.63, 3.8) is 0 Å². The number of hydrogen-bond donors (Lipinski definition) is 1. The molecule has 1 nitrogen and oxygen atoms in total. The second kappa shape index (κ2) is 4.80. The molecule has 0 spiro atoms. The zero-order valence-electron chi connectivity index (χ0n) is 9.79. The molecule has 1 aliphatic carbocycles. The first-order valence-corrected chi connectivity index (χ1v) is 6.12. The summed E-state index contributed by atoms with van der Waals surface area (Å²) in [4.78, 5) is 0. The summed E-state index contributed by atoms with van der Waals surface area (Å²) in [6, 6.07) is 10.3. The average Bonchev–Trinajstić information content (AvgIpc) is 2.19. The summed E-state index contributed by atoms with van der Waals surface area (Å²) >= 11 is 0. The van der Waals surface area contributed by atoms with E-state index < -0.39 is 0 Å². The van der Waals surface area contributed by atoms with Gasteiger partial charge in [-0.05, 0) is 31.7 Å². The Balaban J connectivity index is 2.01. The van der Waals surface area contributed by atoms with Crippen LogP contribution in [-0.2, 0) is 0 Å². The van der Waals surface area contributed by atoms with Gasteiger partial charge in [0.05, 0.1) is 0 Å². The monoisotopic (exact) mass is 203 g/mol. The van der Waals surface area contributed by atoms with Crippen LogP contribution in [0.3, 0.4) is 0 Å². The maximum absolute atomic E-state index is 3.74. The second-order valence-corrected chi connectivity index (χ2v) is 4.67. The van der Waals surface area contributed by atoms with Gasteiger partial charge in [-0.2, -0.15) is 0 Å². The van der Waals surface area contributed by atoms with E-state index in [9.17, 15) is 0 Å². The van der Waals surface area contributed by atoms with E-state index in [2.05, 4.69) is 43.4 Å². The predicted octanol–water partition coefficient (Wildman–Crippen LogP) is 3.59. The largest absolute Gasteiger partial charge is 0.307 e. The third-order valence-electron chi connectivity index (χ3n) is 3.43. The van der Waals surface area contributed by atoms with Crippen molar-refractivity contribution in [2.75, 3.05) is 0 Å². The van der Waals surface area contributed by atoms with Crippen LogP contribution in [0, 0.1) is 6.92 Å². The molecular formula is C14H21N. The Hall–Kier alpha value is -0.820. The summed E-state index contributed by atoms with van der Waals surface area (Å²) in [6.07, 6.45) is 5.31. The lowest BCUT2D eigenvalue weighted by Crippen LogP contribution is -2.37. The Morgan fingerprint density at radius 2 is 1.93 bits per heavy atom. The summed E-state index contributed by atoms with van der Waals surface area (Å²) in [7, 11) is 0. The van der Waals surface area contributed by atoms with Gasteiger partial charge in [-0.1, -0.05) is 43.2 Å². The molecule has 1 N–H and O–H groups in total. The highest BCUT2D eigenvalue weighted by Gasteiger charge is 2.20. The van der Waals surface area contributed by atoms with Crippen molar-refractivity contribution in [1.29, 1.82) is 0 Å². The van der Waals surface area contributed by atoms with Crippen LogP contribution in [0.5, 0.6) is 0 Å². The maximum atomic E-state index is 3.74. The zero-order chi connectivity index (χ0) is 10.7. The molecule has 0 aliphatic heterocycles. The first-order chi connectivity index (χ1) is 7.29. The molecule has 82 valence electrons. The van der Waals surface area contributed by atoms with E-state index in [-0.39, 0.29) is 0 Å². The van der Waals surface area contributed by atoms with Gasteiger partial charge in [0.2, 0.25) is 0 Å². The Bertz CT molecular complexity index is 298. The molecule has 1 aliphatic rings. The third kappa shape index (κ3) is 2.60. The lowest BCUT2D eigenvalue weighted by molar-refractivity contribution is 0.302. The van der Waals surface area contributed by atoms with Crippen molar-refractivity contribution in [1.82, 2.24) is 5.32 Å². The smallest absolute Gasteiger partial charge is 0.0320 e. The number of nitrogens with one attached hydrogen (secondary N) is 1. The molecule has 1 fully saturated rings. The summed E-state index contributed by atoms with van der Waals surface area (Å²) in [5.41, 5.74) is 2.78. The number of hydrogen-bond acceptors (Lipinski definition) is 1. The minimum Gasteiger partial charge on any atom is -0.307 e. The van der Waals surface area contributed by atoms with E-state index in [0.717, 1.165) is 6.04 Å². The topological polar surface area (TPSA) is 12.0 Å². The molecule has 1 aromatic rings. The number of benzene rings is 1. The van der Waals surface area contributed by atoms with Crippen molar-refractivity contribution in [3.8, 4) is 0 Å². The molecule has 1 aromatic carbocycles. The van der Waals surface area contributed by atoms with E-state index in [0.29, 0.717) is 6.04 Å². The molecule has 1 saturated carbocycles. The zero-order valence-corrected chi connectivity index (χ0v) is 9.79. The van der Waals surface area contributed by atoms with Crippen LogP contribution in [0.2, 0.25) is 0 Å². The van der Waals surface area contributed by atoms with E-state index in [1.54, 1.807) is 0 Å². The van der Waals surface area contributed by atoms with Crippen molar-refractivity contribution >= 4 is 0 Å². The Morgan fingerprint density at radius 3 is 2.40 bits per heavy atom. The van der Waals surface area contributed by atoms with Gasteiger partial charge >= 0.3 is 0 Å². The fraction of sp³-hybridized carbons (Fsp3) is 0.571.